The standard InChI is InChI=1S/C15H15N3O3/c19-14(17-8-2-6-13(17)15(20)21)11-4-1-5-12(10-11)18-9-3-7-16-18/h1,3-5,7,9-10,13H,2,6,8H2,(H,20,21)/t13-/m0/s1. The van der Waals surface area contributed by atoms with Crippen molar-refractivity contribution in [3.63, 3.8) is 0 Å². The van der Waals surface area contributed by atoms with Gasteiger partial charge in [0.2, 0.25) is 0 Å². The zero-order valence-corrected chi connectivity index (χ0v) is 11.3. The minimum atomic E-state index is -0.941. The van der Waals surface area contributed by atoms with Crippen LogP contribution in [0.1, 0.15) is 23.2 Å². The van der Waals surface area contributed by atoms with E-state index in [9.17, 15) is 14.7 Å². The van der Waals surface area contributed by atoms with Crippen molar-refractivity contribution in [2.75, 3.05) is 6.54 Å². The van der Waals surface area contributed by atoms with Crippen molar-refractivity contribution in [3.05, 3.63) is 48.3 Å². The number of hydrogen-bond acceptors (Lipinski definition) is 3. The summed E-state index contributed by atoms with van der Waals surface area (Å²) in [6, 6.07) is 8.14. The highest BCUT2D eigenvalue weighted by Gasteiger charge is 2.34. The summed E-state index contributed by atoms with van der Waals surface area (Å²) in [7, 11) is 0. The molecule has 1 saturated heterocycles. The molecule has 6 nitrogen and oxygen atoms in total. The monoisotopic (exact) mass is 285 g/mol. The highest BCUT2D eigenvalue weighted by atomic mass is 16.4. The largest absolute Gasteiger partial charge is 0.480 e. The maximum Gasteiger partial charge on any atom is 0.326 e. The third-order valence-corrected chi connectivity index (χ3v) is 3.66. The molecule has 2 heterocycles. The Balaban J connectivity index is 1.88. The van der Waals surface area contributed by atoms with Gasteiger partial charge in [-0.2, -0.15) is 5.10 Å². The van der Waals surface area contributed by atoms with E-state index in [1.807, 2.05) is 6.07 Å². The summed E-state index contributed by atoms with van der Waals surface area (Å²) < 4.78 is 1.66. The molecule has 0 aliphatic carbocycles. The topological polar surface area (TPSA) is 75.4 Å². The minimum Gasteiger partial charge on any atom is -0.480 e. The van der Waals surface area contributed by atoms with Crippen molar-refractivity contribution in [3.8, 4) is 5.69 Å². The predicted octanol–water partition coefficient (Wildman–Crippen LogP) is 1.56. The SMILES string of the molecule is O=C(O)[C@@H]1CCCN1C(=O)c1cccc(-n2cccn2)c1. The summed E-state index contributed by atoms with van der Waals surface area (Å²) in [4.78, 5) is 25.1. The van der Waals surface area contributed by atoms with Crippen molar-refractivity contribution in [1.82, 2.24) is 14.7 Å². The third kappa shape index (κ3) is 2.52. The molecular formula is C15H15N3O3. The van der Waals surface area contributed by atoms with Crippen LogP contribution in [0.5, 0.6) is 0 Å². The second kappa shape index (κ2) is 5.40. The highest BCUT2D eigenvalue weighted by Crippen LogP contribution is 2.21. The van der Waals surface area contributed by atoms with Crippen LogP contribution in [0.3, 0.4) is 0 Å². The summed E-state index contributed by atoms with van der Waals surface area (Å²) in [5.74, 6) is -1.18. The zero-order chi connectivity index (χ0) is 14.8. The molecule has 1 N–H and O–H groups in total. The minimum absolute atomic E-state index is 0.242. The highest BCUT2D eigenvalue weighted by molar-refractivity contribution is 5.97. The fraction of sp³-hybridized carbons (Fsp3) is 0.267. The first-order chi connectivity index (χ1) is 10.2. The molecule has 0 radical (unpaired) electrons. The van der Waals surface area contributed by atoms with Gasteiger partial charge in [0.15, 0.2) is 0 Å². The number of benzene rings is 1. The summed E-state index contributed by atoms with van der Waals surface area (Å²) in [6.45, 7) is 0.488. The first-order valence-electron chi connectivity index (χ1n) is 6.80. The van der Waals surface area contributed by atoms with Gasteiger partial charge in [-0.3, -0.25) is 4.79 Å². The van der Waals surface area contributed by atoms with Crippen LogP contribution in [0.15, 0.2) is 42.7 Å². The Labute approximate surface area is 121 Å². The fourth-order valence-corrected chi connectivity index (χ4v) is 2.64. The Morgan fingerprint density at radius 3 is 2.86 bits per heavy atom. The molecule has 1 atom stereocenters. The molecule has 1 aliphatic rings. The average Bonchev–Trinajstić information content (AvgIpc) is 3.17. The molecule has 21 heavy (non-hydrogen) atoms. The smallest absolute Gasteiger partial charge is 0.326 e. The second-order valence-electron chi connectivity index (χ2n) is 5.00. The number of hydrogen-bond donors (Lipinski definition) is 1. The molecule has 1 aromatic carbocycles. The summed E-state index contributed by atoms with van der Waals surface area (Å²) in [5.41, 5.74) is 1.26. The number of carboxylic acid groups (broad SMARTS) is 1. The van der Waals surface area contributed by atoms with Crippen molar-refractivity contribution in [2.24, 2.45) is 0 Å². The van der Waals surface area contributed by atoms with Gasteiger partial charge in [0.05, 0.1) is 5.69 Å². The van der Waals surface area contributed by atoms with E-state index in [1.54, 1.807) is 41.3 Å². The van der Waals surface area contributed by atoms with Gasteiger partial charge in [0.1, 0.15) is 6.04 Å². The lowest BCUT2D eigenvalue weighted by molar-refractivity contribution is -0.141. The molecule has 0 unspecified atom stereocenters. The van der Waals surface area contributed by atoms with Gasteiger partial charge < -0.3 is 10.0 Å². The van der Waals surface area contributed by atoms with Crippen LogP contribution in [0.25, 0.3) is 5.69 Å². The van der Waals surface area contributed by atoms with E-state index in [2.05, 4.69) is 5.10 Å². The van der Waals surface area contributed by atoms with Crippen LogP contribution in [-0.4, -0.2) is 44.3 Å². The Hall–Kier alpha value is -2.63. The first kappa shape index (κ1) is 13.4. The number of aromatic nitrogens is 2. The number of nitrogens with zero attached hydrogens (tertiary/aromatic N) is 3. The normalized spacial score (nSPS) is 17.9. The second-order valence-corrected chi connectivity index (χ2v) is 5.00. The van der Waals surface area contributed by atoms with E-state index in [0.717, 1.165) is 12.1 Å². The molecule has 1 fully saturated rings. The molecular weight excluding hydrogens is 270 g/mol. The van der Waals surface area contributed by atoms with Crippen molar-refractivity contribution in [1.29, 1.82) is 0 Å². The van der Waals surface area contributed by atoms with E-state index in [4.69, 9.17) is 0 Å². The Morgan fingerprint density at radius 2 is 2.14 bits per heavy atom. The Bertz CT molecular complexity index is 667. The fourth-order valence-electron chi connectivity index (χ4n) is 2.64. The van der Waals surface area contributed by atoms with E-state index in [0.29, 0.717) is 18.5 Å². The van der Waals surface area contributed by atoms with Crippen LogP contribution in [0.2, 0.25) is 0 Å². The van der Waals surface area contributed by atoms with Crippen molar-refractivity contribution >= 4 is 11.9 Å². The maximum absolute atomic E-state index is 12.5. The summed E-state index contributed by atoms with van der Waals surface area (Å²) in [5, 5.41) is 13.3. The van der Waals surface area contributed by atoms with Gasteiger partial charge in [-0.05, 0) is 37.1 Å². The van der Waals surface area contributed by atoms with Gasteiger partial charge in [-0.15, -0.1) is 0 Å². The van der Waals surface area contributed by atoms with Crippen LogP contribution < -0.4 is 0 Å². The van der Waals surface area contributed by atoms with Gasteiger partial charge in [-0.1, -0.05) is 6.07 Å². The molecule has 0 saturated carbocycles. The third-order valence-electron chi connectivity index (χ3n) is 3.66. The van der Waals surface area contributed by atoms with Gasteiger partial charge >= 0.3 is 5.97 Å². The van der Waals surface area contributed by atoms with E-state index in [-0.39, 0.29) is 5.91 Å². The molecule has 6 heteroatoms. The molecule has 108 valence electrons. The van der Waals surface area contributed by atoms with Crippen LogP contribution in [0, 0.1) is 0 Å². The van der Waals surface area contributed by atoms with Crippen LogP contribution in [0.4, 0.5) is 0 Å². The number of amides is 1. The van der Waals surface area contributed by atoms with Crippen molar-refractivity contribution in [2.45, 2.75) is 18.9 Å². The molecule has 1 aliphatic heterocycles. The molecule has 1 aromatic heterocycles. The number of rotatable bonds is 3. The predicted molar refractivity (Wildman–Crippen MR) is 75.3 cm³/mol. The lowest BCUT2D eigenvalue weighted by Gasteiger charge is -2.21. The number of likely N-dealkylation sites (tertiary alicyclic amines) is 1. The number of carbonyl (C=O) groups is 2. The van der Waals surface area contributed by atoms with E-state index < -0.39 is 12.0 Å². The number of carbonyl (C=O) groups excluding carboxylic acids is 1. The van der Waals surface area contributed by atoms with Crippen LogP contribution in [-0.2, 0) is 4.79 Å². The number of aliphatic carboxylic acids is 1. The van der Waals surface area contributed by atoms with Gasteiger partial charge in [0, 0.05) is 24.5 Å². The van der Waals surface area contributed by atoms with E-state index >= 15 is 0 Å². The van der Waals surface area contributed by atoms with Crippen molar-refractivity contribution < 1.29 is 14.7 Å². The van der Waals surface area contributed by atoms with Crippen LogP contribution >= 0.6 is 0 Å². The Morgan fingerprint density at radius 1 is 1.29 bits per heavy atom. The lowest BCUT2D eigenvalue weighted by Crippen LogP contribution is -2.40. The number of carboxylic acids is 1. The van der Waals surface area contributed by atoms with Gasteiger partial charge in [0.25, 0.3) is 5.91 Å². The average molecular weight is 285 g/mol. The van der Waals surface area contributed by atoms with Gasteiger partial charge in [-0.25, -0.2) is 9.48 Å². The summed E-state index contributed by atoms with van der Waals surface area (Å²) >= 11 is 0. The lowest BCUT2D eigenvalue weighted by atomic mass is 10.1. The quantitative estimate of drug-likeness (QED) is 0.928. The molecule has 0 bridgehead atoms. The first-order valence-corrected chi connectivity index (χ1v) is 6.80. The van der Waals surface area contributed by atoms with E-state index in [1.165, 1.54) is 4.90 Å². The maximum atomic E-state index is 12.5. The Kier molecular flexibility index (Phi) is 3.43. The molecule has 2 aromatic rings. The molecule has 3 rings (SSSR count). The summed E-state index contributed by atoms with van der Waals surface area (Å²) in [6.07, 6.45) is 4.69. The zero-order valence-electron chi connectivity index (χ0n) is 11.3. The molecule has 1 amide bonds. The molecule has 0 spiro atoms.